The highest BCUT2D eigenvalue weighted by Crippen LogP contribution is 2.31. The molecule has 1 rings (SSSR count). The number of oxime groups is 1. The van der Waals surface area contributed by atoms with Crippen molar-refractivity contribution >= 4 is 11.7 Å². The van der Waals surface area contributed by atoms with Gasteiger partial charge in [-0.3, -0.25) is 9.18 Å². The molecule has 1 saturated heterocycles. The van der Waals surface area contributed by atoms with Crippen LogP contribution in [0, 0.1) is 5.41 Å². The molecule has 6 nitrogen and oxygen atoms in total. The zero-order valence-corrected chi connectivity index (χ0v) is 9.62. The Labute approximate surface area is 99.0 Å². The third kappa shape index (κ3) is 3.06. The molecule has 0 aliphatic carbocycles. The van der Waals surface area contributed by atoms with E-state index in [4.69, 9.17) is 15.7 Å². The summed E-state index contributed by atoms with van der Waals surface area (Å²) >= 11 is 0. The van der Waals surface area contributed by atoms with Crippen LogP contribution in [0.25, 0.3) is 0 Å². The summed E-state index contributed by atoms with van der Waals surface area (Å²) in [7, 11) is 0. The predicted molar refractivity (Wildman–Crippen MR) is 59.5 cm³/mol. The molecule has 7 heteroatoms. The van der Waals surface area contributed by atoms with Gasteiger partial charge in [0, 0.05) is 19.8 Å². The number of hydrogen-bond donors (Lipinski definition) is 3. The van der Waals surface area contributed by atoms with Crippen LogP contribution in [-0.4, -0.2) is 43.4 Å². The van der Waals surface area contributed by atoms with Crippen molar-refractivity contribution in [2.75, 3.05) is 26.4 Å². The summed E-state index contributed by atoms with van der Waals surface area (Å²) in [6.07, 6.45) is 0.989. The SMILES string of the molecule is NC(=NO)C1(C(=O)NCCCF)CCOCC1. The van der Waals surface area contributed by atoms with Crippen molar-refractivity contribution < 1.29 is 19.1 Å². The topological polar surface area (TPSA) is 96.9 Å². The second kappa shape index (κ2) is 6.39. The van der Waals surface area contributed by atoms with Crippen LogP contribution in [0.2, 0.25) is 0 Å². The Morgan fingerprint density at radius 1 is 1.53 bits per heavy atom. The summed E-state index contributed by atoms with van der Waals surface area (Å²) in [6.45, 7) is 0.524. The average Bonchev–Trinajstić information content (AvgIpc) is 2.38. The van der Waals surface area contributed by atoms with E-state index < -0.39 is 12.1 Å². The Morgan fingerprint density at radius 2 is 2.18 bits per heavy atom. The maximum Gasteiger partial charge on any atom is 0.234 e. The van der Waals surface area contributed by atoms with Crippen LogP contribution < -0.4 is 11.1 Å². The van der Waals surface area contributed by atoms with E-state index in [2.05, 4.69) is 10.5 Å². The Bertz CT molecular complexity index is 291. The second-order valence-electron chi connectivity index (χ2n) is 3.98. The van der Waals surface area contributed by atoms with Crippen LogP contribution in [0.5, 0.6) is 0 Å². The number of nitrogens with zero attached hydrogens (tertiary/aromatic N) is 1. The number of rotatable bonds is 5. The number of nitrogens with two attached hydrogens (primary N) is 1. The minimum atomic E-state index is -1.02. The van der Waals surface area contributed by atoms with E-state index in [1.54, 1.807) is 0 Å². The molecule has 1 amide bonds. The van der Waals surface area contributed by atoms with Crippen LogP contribution >= 0.6 is 0 Å². The van der Waals surface area contributed by atoms with Crippen molar-refractivity contribution in [3.63, 3.8) is 0 Å². The first-order chi connectivity index (χ1) is 8.17. The van der Waals surface area contributed by atoms with E-state index in [1.165, 1.54) is 0 Å². The minimum absolute atomic E-state index is 0.112. The molecule has 0 aromatic carbocycles. The van der Waals surface area contributed by atoms with Gasteiger partial charge in [-0.25, -0.2) is 0 Å². The van der Waals surface area contributed by atoms with Gasteiger partial charge in [-0.2, -0.15) is 0 Å². The lowest BCUT2D eigenvalue weighted by Gasteiger charge is -2.34. The number of hydrogen-bond acceptors (Lipinski definition) is 4. The fourth-order valence-corrected chi connectivity index (χ4v) is 1.85. The van der Waals surface area contributed by atoms with Crippen LogP contribution in [0.4, 0.5) is 4.39 Å². The first-order valence-electron chi connectivity index (χ1n) is 5.57. The molecular weight excluding hydrogens is 229 g/mol. The van der Waals surface area contributed by atoms with Gasteiger partial charge in [0.2, 0.25) is 5.91 Å². The molecule has 0 spiro atoms. The number of amidine groups is 1. The molecular formula is C10H18FN3O3. The molecule has 0 aromatic heterocycles. The highest BCUT2D eigenvalue weighted by molar-refractivity contribution is 6.06. The van der Waals surface area contributed by atoms with Crippen molar-refractivity contribution in [3.8, 4) is 0 Å². The lowest BCUT2D eigenvalue weighted by Crippen LogP contribution is -2.52. The number of halogens is 1. The van der Waals surface area contributed by atoms with Gasteiger partial charge in [-0.1, -0.05) is 5.16 Å². The van der Waals surface area contributed by atoms with Crippen molar-refractivity contribution in [2.45, 2.75) is 19.3 Å². The van der Waals surface area contributed by atoms with Gasteiger partial charge in [-0.05, 0) is 19.3 Å². The molecule has 1 aliphatic rings. The Kier molecular flexibility index (Phi) is 5.14. The lowest BCUT2D eigenvalue weighted by atomic mass is 9.78. The quantitative estimate of drug-likeness (QED) is 0.209. The van der Waals surface area contributed by atoms with Crippen molar-refractivity contribution in [2.24, 2.45) is 16.3 Å². The van der Waals surface area contributed by atoms with Gasteiger partial charge in [-0.15, -0.1) is 0 Å². The van der Waals surface area contributed by atoms with E-state index in [1.807, 2.05) is 0 Å². The third-order valence-corrected chi connectivity index (χ3v) is 2.98. The minimum Gasteiger partial charge on any atom is -0.409 e. The lowest BCUT2D eigenvalue weighted by molar-refractivity contribution is -0.131. The highest BCUT2D eigenvalue weighted by Gasteiger charge is 2.44. The maximum atomic E-state index is 12.0. The largest absolute Gasteiger partial charge is 0.409 e. The van der Waals surface area contributed by atoms with E-state index in [0.717, 1.165) is 0 Å². The average molecular weight is 247 g/mol. The summed E-state index contributed by atoms with van der Waals surface area (Å²) in [5, 5.41) is 14.3. The van der Waals surface area contributed by atoms with E-state index in [-0.39, 0.29) is 24.7 Å². The van der Waals surface area contributed by atoms with E-state index >= 15 is 0 Å². The number of carbonyl (C=O) groups excluding carboxylic acids is 1. The van der Waals surface area contributed by atoms with Crippen LogP contribution in [0.3, 0.4) is 0 Å². The molecule has 0 radical (unpaired) electrons. The van der Waals surface area contributed by atoms with Gasteiger partial charge in [0.15, 0.2) is 5.84 Å². The molecule has 0 unspecified atom stereocenters. The highest BCUT2D eigenvalue weighted by atomic mass is 19.1. The van der Waals surface area contributed by atoms with Gasteiger partial charge in [0.25, 0.3) is 0 Å². The van der Waals surface area contributed by atoms with Gasteiger partial charge in [0.05, 0.1) is 6.67 Å². The monoisotopic (exact) mass is 247 g/mol. The second-order valence-corrected chi connectivity index (χ2v) is 3.98. The molecule has 17 heavy (non-hydrogen) atoms. The molecule has 0 atom stereocenters. The van der Waals surface area contributed by atoms with Crippen molar-refractivity contribution in [1.82, 2.24) is 5.32 Å². The van der Waals surface area contributed by atoms with Gasteiger partial charge >= 0.3 is 0 Å². The number of ether oxygens (including phenoxy) is 1. The normalized spacial score (nSPS) is 19.9. The third-order valence-electron chi connectivity index (χ3n) is 2.98. The Balaban J connectivity index is 2.72. The van der Waals surface area contributed by atoms with Crippen LogP contribution in [-0.2, 0) is 9.53 Å². The number of nitrogens with one attached hydrogen (secondary N) is 1. The van der Waals surface area contributed by atoms with Crippen LogP contribution in [0.1, 0.15) is 19.3 Å². The summed E-state index contributed by atoms with van der Waals surface area (Å²) in [6, 6.07) is 0. The van der Waals surface area contributed by atoms with Gasteiger partial charge < -0.3 is 21.0 Å². The molecule has 0 bridgehead atoms. The fourth-order valence-electron chi connectivity index (χ4n) is 1.85. The molecule has 1 aliphatic heterocycles. The molecule has 1 heterocycles. The molecule has 98 valence electrons. The summed E-state index contributed by atoms with van der Waals surface area (Å²) in [5.74, 6) is -0.442. The smallest absolute Gasteiger partial charge is 0.234 e. The summed E-state index contributed by atoms with van der Waals surface area (Å²) in [4.78, 5) is 12.0. The molecule has 4 N–H and O–H groups in total. The number of amides is 1. The Hall–Kier alpha value is -1.37. The predicted octanol–water partition coefficient (Wildman–Crippen LogP) is 0.00540. The zero-order chi connectivity index (χ0) is 12.7. The standard InChI is InChI=1S/C10H18FN3O3/c11-4-1-5-13-9(15)10(8(12)14-16)2-6-17-7-3-10/h16H,1-7H2,(H2,12,14)(H,13,15). The van der Waals surface area contributed by atoms with Crippen LogP contribution in [0.15, 0.2) is 5.16 Å². The summed E-state index contributed by atoms with van der Waals surface area (Å²) in [5.41, 5.74) is 4.57. The molecule has 0 saturated carbocycles. The Morgan fingerprint density at radius 3 is 2.71 bits per heavy atom. The zero-order valence-electron chi connectivity index (χ0n) is 9.62. The van der Waals surface area contributed by atoms with Gasteiger partial charge in [0.1, 0.15) is 5.41 Å². The number of alkyl halides is 1. The first kappa shape index (κ1) is 13.7. The summed E-state index contributed by atoms with van der Waals surface area (Å²) < 4.78 is 17.1. The maximum absolute atomic E-state index is 12.0. The fraction of sp³-hybridized carbons (Fsp3) is 0.800. The van der Waals surface area contributed by atoms with E-state index in [0.29, 0.717) is 26.1 Å². The van der Waals surface area contributed by atoms with Crippen molar-refractivity contribution in [3.05, 3.63) is 0 Å². The molecule has 0 aromatic rings. The number of carbonyl (C=O) groups is 1. The first-order valence-corrected chi connectivity index (χ1v) is 5.57. The van der Waals surface area contributed by atoms with Crippen molar-refractivity contribution in [1.29, 1.82) is 0 Å². The van der Waals surface area contributed by atoms with E-state index in [9.17, 15) is 9.18 Å². The molecule has 1 fully saturated rings.